The number of piperazine rings is 1. The fourth-order valence-corrected chi connectivity index (χ4v) is 4.26. The van der Waals surface area contributed by atoms with Gasteiger partial charge in [0.2, 0.25) is 5.91 Å². The highest BCUT2D eigenvalue weighted by Gasteiger charge is 2.31. The van der Waals surface area contributed by atoms with Crippen LogP contribution < -0.4 is 9.64 Å². The smallest absolute Gasteiger partial charge is 0.224 e. The van der Waals surface area contributed by atoms with Crippen molar-refractivity contribution in [2.45, 2.75) is 32.9 Å². The van der Waals surface area contributed by atoms with E-state index in [0.29, 0.717) is 19.6 Å². The predicted molar refractivity (Wildman–Crippen MR) is 116 cm³/mol. The summed E-state index contributed by atoms with van der Waals surface area (Å²) in [5.41, 5.74) is 3.14. The van der Waals surface area contributed by atoms with Gasteiger partial charge in [-0.05, 0) is 48.9 Å². The average Bonchev–Trinajstić information content (AvgIpc) is 2.76. The lowest BCUT2D eigenvalue weighted by molar-refractivity contribution is -0.133. The third-order valence-corrected chi connectivity index (χ3v) is 6.15. The van der Waals surface area contributed by atoms with Gasteiger partial charge in [0.15, 0.2) is 0 Å². The lowest BCUT2D eigenvalue weighted by Crippen LogP contribution is -2.51. The Labute approximate surface area is 178 Å². The van der Waals surface area contributed by atoms with E-state index in [0.717, 1.165) is 55.3 Å². The lowest BCUT2D eigenvalue weighted by Gasteiger charge is -2.40. The molecule has 0 N–H and O–H groups in total. The van der Waals surface area contributed by atoms with Crippen molar-refractivity contribution in [2.75, 3.05) is 44.2 Å². The second-order valence-electron chi connectivity index (χ2n) is 8.21. The number of hydrogen-bond acceptors (Lipinski definition) is 4. The Balaban J connectivity index is 1.52. The molecule has 2 heterocycles. The molecule has 0 aliphatic carbocycles. The Morgan fingerprint density at radius 3 is 2.53 bits per heavy atom. The molecule has 1 fully saturated rings. The molecule has 2 aliphatic heterocycles. The van der Waals surface area contributed by atoms with Crippen molar-refractivity contribution in [1.29, 1.82) is 0 Å². The lowest BCUT2D eigenvalue weighted by atomic mass is 10.0. The van der Waals surface area contributed by atoms with Crippen LogP contribution in [0.25, 0.3) is 0 Å². The fourth-order valence-electron chi connectivity index (χ4n) is 4.26. The van der Waals surface area contributed by atoms with Crippen LogP contribution in [0, 0.1) is 12.7 Å². The quantitative estimate of drug-likeness (QED) is 0.755. The molecule has 30 heavy (non-hydrogen) atoms. The number of nitrogens with zero attached hydrogens (tertiary/aromatic N) is 3. The number of rotatable bonds is 5. The van der Waals surface area contributed by atoms with Gasteiger partial charge in [-0.25, -0.2) is 4.39 Å². The van der Waals surface area contributed by atoms with Crippen molar-refractivity contribution in [3.63, 3.8) is 0 Å². The summed E-state index contributed by atoms with van der Waals surface area (Å²) >= 11 is 0. The molecule has 2 aromatic carbocycles. The molecule has 4 rings (SSSR count). The first kappa shape index (κ1) is 20.7. The van der Waals surface area contributed by atoms with Gasteiger partial charge >= 0.3 is 0 Å². The molecule has 1 atom stereocenters. The van der Waals surface area contributed by atoms with Crippen LogP contribution in [-0.4, -0.2) is 61.1 Å². The van der Waals surface area contributed by atoms with E-state index in [1.54, 1.807) is 0 Å². The van der Waals surface area contributed by atoms with E-state index in [-0.39, 0.29) is 17.8 Å². The maximum absolute atomic E-state index is 13.4. The standard InChI is InChI=1S/C24H30FN3O2/c1-3-26-10-12-27(13-11-26)24(29)15-21-17-30-23-14-18(2)4-9-22(23)28(21)16-19-5-7-20(25)8-6-19/h4-9,14,21H,3,10-13,15-17H2,1-2H3. The summed E-state index contributed by atoms with van der Waals surface area (Å²) in [7, 11) is 0. The van der Waals surface area contributed by atoms with E-state index in [1.807, 2.05) is 30.0 Å². The molecule has 5 nitrogen and oxygen atoms in total. The highest BCUT2D eigenvalue weighted by molar-refractivity contribution is 5.78. The molecule has 6 heteroatoms. The normalized spacial score (nSPS) is 19.4. The second-order valence-corrected chi connectivity index (χ2v) is 8.21. The number of carbonyl (C=O) groups is 1. The van der Waals surface area contributed by atoms with E-state index in [4.69, 9.17) is 4.74 Å². The van der Waals surface area contributed by atoms with Crippen LogP contribution in [0.15, 0.2) is 42.5 Å². The maximum Gasteiger partial charge on any atom is 0.224 e. The van der Waals surface area contributed by atoms with Gasteiger partial charge in [0.25, 0.3) is 0 Å². The van der Waals surface area contributed by atoms with Crippen molar-refractivity contribution in [1.82, 2.24) is 9.80 Å². The largest absolute Gasteiger partial charge is 0.489 e. The molecule has 2 aromatic rings. The number of fused-ring (bicyclic) bond motifs is 1. The molecule has 1 amide bonds. The van der Waals surface area contributed by atoms with Crippen LogP contribution in [0.5, 0.6) is 5.75 Å². The Morgan fingerprint density at radius 2 is 1.83 bits per heavy atom. The molecular formula is C24H30FN3O2. The topological polar surface area (TPSA) is 36.0 Å². The van der Waals surface area contributed by atoms with Gasteiger partial charge in [0, 0.05) is 32.7 Å². The fraction of sp³-hybridized carbons (Fsp3) is 0.458. The van der Waals surface area contributed by atoms with Crippen LogP contribution in [0.3, 0.4) is 0 Å². The van der Waals surface area contributed by atoms with Crippen molar-refractivity contribution in [3.8, 4) is 5.75 Å². The number of carbonyl (C=O) groups excluding carboxylic acids is 1. The van der Waals surface area contributed by atoms with E-state index in [2.05, 4.69) is 28.9 Å². The predicted octanol–water partition coefficient (Wildman–Crippen LogP) is 3.46. The van der Waals surface area contributed by atoms with Gasteiger partial charge in [0.1, 0.15) is 18.2 Å². The van der Waals surface area contributed by atoms with Crippen molar-refractivity contribution in [2.24, 2.45) is 0 Å². The van der Waals surface area contributed by atoms with Crippen molar-refractivity contribution >= 4 is 11.6 Å². The average molecular weight is 412 g/mol. The summed E-state index contributed by atoms with van der Waals surface area (Å²) in [5.74, 6) is 0.783. The van der Waals surface area contributed by atoms with Crippen LogP contribution in [-0.2, 0) is 11.3 Å². The SMILES string of the molecule is CCN1CCN(C(=O)CC2COc3cc(C)ccc3N2Cc2ccc(F)cc2)CC1. The molecule has 0 bridgehead atoms. The summed E-state index contributed by atoms with van der Waals surface area (Å²) in [6.45, 7) is 9.75. The number of hydrogen-bond donors (Lipinski definition) is 0. The first-order valence-corrected chi connectivity index (χ1v) is 10.8. The van der Waals surface area contributed by atoms with Crippen molar-refractivity contribution in [3.05, 3.63) is 59.4 Å². The van der Waals surface area contributed by atoms with E-state index >= 15 is 0 Å². The van der Waals surface area contributed by atoms with Crippen LogP contribution in [0.2, 0.25) is 0 Å². The zero-order chi connectivity index (χ0) is 21.1. The van der Waals surface area contributed by atoms with Gasteiger partial charge in [-0.2, -0.15) is 0 Å². The molecule has 160 valence electrons. The number of halogens is 1. The van der Waals surface area contributed by atoms with E-state index in [1.165, 1.54) is 12.1 Å². The molecule has 1 saturated heterocycles. The minimum Gasteiger partial charge on any atom is -0.489 e. The molecule has 1 unspecified atom stereocenters. The number of likely N-dealkylation sites (N-methyl/N-ethyl adjacent to an activating group) is 1. The Morgan fingerprint density at radius 1 is 1.10 bits per heavy atom. The summed E-state index contributed by atoms with van der Waals surface area (Å²) in [6, 6.07) is 12.7. The molecule has 2 aliphatic rings. The summed E-state index contributed by atoms with van der Waals surface area (Å²) < 4.78 is 19.4. The number of amides is 1. The van der Waals surface area contributed by atoms with Crippen LogP contribution in [0.4, 0.5) is 10.1 Å². The first-order valence-electron chi connectivity index (χ1n) is 10.8. The maximum atomic E-state index is 13.4. The van der Waals surface area contributed by atoms with Crippen molar-refractivity contribution < 1.29 is 13.9 Å². The van der Waals surface area contributed by atoms with E-state index < -0.39 is 0 Å². The highest BCUT2D eigenvalue weighted by atomic mass is 19.1. The van der Waals surface area contributed by atoms with Gasteiger partial charge in [-0.15, -0.1) is 0 Å². The second kappa shape index (κ2) is 9.04. The van der Waals surface area contributed by atoms with Crippen LogP contribution >= 0.6 is 0 Å². The van der Waals surface area contributed by atoms with E-state index in [9.17, 15) is 9.18 Å². The Bertz CT molecular complexity index is 879. The third-order valence-electron chi connectivity index (χ3n) is 6.15. The molecular weight excluding hydrogens is 381 g/mol. The highest BCUT2D eigenvalue weighted by Crippen LogP contribution is 2.36. The monoisotopic (exact) mass is 411 g/mol. The van der Waals surface area contributed by atoms with Gasteiger partial charge in [0.05, 0.1) is 18.2 Å². The Hall–Kier alpha value is -2.60. The minimum absolute atomic E-state index is 0.0537. The van der Waals surface area contributed by atoms with Gasteiger partial charge < -0.3 is 19.4 Å². The van der Waals surface area contributed by atoms with Crippen LogP contribution in [0.1, 0.15) is 24.5 Å². The zero-order valence-corrected chi connectivity index (χ0v) is 17.8. The number of anilines is 1. The summed E-state index contributed by atoms with van der Waals surface area (Å²) in [6.07, 6.45) is 0.417. The number of benzene rings is 2. The summed E-state index contributed by atoms with van der Waals surface area (Å²) in [5, 5.41) is 0. The molecule has 0 spiro atoms. The van der Waals surface area contributed by atoms with Gasteiger partial charge in [-0.3, -0.25) is 4.79 Å². The van der Waals surface area contributed by atoms with Gasteiger partial charge in [-0.1, -0.05) is 25.1 Å². The minimum atomic E-state index is -0.241. The third kappa shape index (κ3) is 4.59. The zero-order valence-electron chi connectivity index (χ0n) is 17.8. The first-order chi connectivity index (χ1) is 14.5. The molecule has 0 radical (unpaired) electrons. The molecule has 0 aromatic heterocycles. The Kier molecular flexibility index (Phi) is 6.23. The molecule has 0 saturated carbocycles. The number of aryl methyl sites for hydroxylation is 1. The number of ether oxygens (including phenoxy) is 1. The summed E-state index contributed by atoms with van der Waals surface area (Å²) in [4.78, 5) is 19.6.